The summed E-state index contributed by atoms with van der Waals surface area (Å²) in [6.45, 7) is 4.27. The van der Waals surface area contributed by atoms with E-state index in [1.54, 1.807) is 0 Å². The average molecular weight is 394 g/mol. The fourth-order valence-corrected chi connectivity index (χ4v) is 3.67. The highest BCUT2D eigenvalue weighted by Crippen LogP contribution is 2.32. The fourth-order valence-electron chi connectivity index (χ4n) is 1.56. The molecule has 0 aliphatic rings. The molecule has 6 heteroatoms. The van der Waals surface area contributed by atoms with Crippen LogP contribution < -0.4 is 5.32 Å². The normalized spacial score (nSPS) is 11.0. The van der Waals surface area contributed by atoms with Gasteiger partial charge in [0.15, 0.2) is 5.82 Å². The molecule has 96 valence electrons. The Morgan fingerprint density at radius 3 is 2.56 bits per heavy atom. The summed E-state index contributed by atoms with van der Waals surface area (Å²) in [5.41, 5.74) is 1.06. The van der Waals surface area contributed by atoms with E-state index in [4.69, 9.17) is 11.6 Å². The van der Waals surface area contributed by atoms with Crippen molar-refractivity contribution in [2.75, 3.05) is 12.4 Å². The van der Waals surface area contributed by atoms with Gasteiger partial charge in [0, 0.05) is 7.05 Å². The Hall–Kier alpha value is -0.400. The van der Waals surface area contributed by atoms with Crippen LogP contribution in [0.4, 0.5) is 5.82 Å². The molecule has 0 aromatic carbocycles. The highest BCUT2D eigenvalue weighted by Gasteiger charge is 2.15. The summed E-state index contributed by atoms with van der Waals surface area (Å²) in [6.07, 6.45) is 0. The van der Waals surface area contributed by atoms with Gasteiger partial charge in [-0.1, -0.05) is 25.4 Å². The van der Waals surface area contributed by atoms with Crippen molar-refractivity contribution in [1.29, 1.82) is 0 Å². The lowest BCUT2D eigenvalue weighted by atomic mass is 10.1. The first-order valence-electron chi connectivity index (χ1n) is 5.53. The quantitative estimate of drug-likeness (QED) is 0.773. The van der Waals surface area contributed by atoms with Gasteiger partial charge in [-0.15, -0.1) is 11.3 Å². The molecular formula is C12H13ClIN3S. The van der Waals surface area contributed by atoms with Crippen LogP contribution in [0.3, 0.4) is 0 Å². The lowest BCUT2D eigenvalue weighted by molar-refractivity contribution is 0.810. The number of thiophene rings is 1. The third kappa shape index (κ3) is 2.78. The molecule has 2 rings (SSSR count). The SMILES string of the molecule is CNc1nc(-c2ccc(Cl)s2)nc(C(C)C)c1I. The first-order chi connectivity index (χ1) is 8.52. The lowest BCUT2D eigenvalue weighted by Crippen LogP contribution is -2.06. The zero-order valence-electron chi connectivity index (χ0n) is 10.3. The van der Waals surface area contributed by atoms with Gasteiger partial charge < -0.3 is 5.32 Å². The highest BCUT2D eigenvalue weighted by atomic mass is 127. The number of rotatable bonds is 3. The Morgan fingerprint density at radius 2 is 2.06 bits per heavy atom. The fraction of sp³-hybridized carbons (Fsp3) is 0.333. The molecule has 18 heavy (non-hydrogen) atoms. The minimum Gasteiger partial charge on any atom is -0.372 e. The van der Waals surface area contributed by atoms with Gasteiger partial charge in [0.25, 0.3) is 0 Å². The Bertz CT molecular complexity index is 568. The summed E-state index contributed by atoms with van der Waals surface area (Å²) < 4.78 is 1.83. The molecule has 0 amide bonds. The number of nitrogens with one attached hydrogen (secondary N) is 1. The minimum absolute atomic E-state index is 0.362. The Kier molecular flexibility index (Phi) is 4.45. The van der Waals surface area contributed by atoms with Gasteiger partial charge in [-0.2, -0.15) is 0 Å². The predicted molar refractivity (Wildman–Crippen MR) is 86.7 cm³/mol. The maximum Gasteiger partial charge on any atom is 0.171 e. The van der Waals surface area contributed by atoms with Crippen molar-refractivity contribution in [2.45, 2.75) is 19.8 Å². The van der Waals surface area contributed by atoms with E-state index in [1.165, 1.54) is 11.3 Å². The molecular weight excluding hydrogens is 381 g/mol. The molecule has 0 aliphatic carbocycles. The number of hydrogen-bond acceptors (Lipinski definition) is 4. The zero-order valence-corrected chi connectivity index (χ0v) is 14.0. The van der Waals surface area contributed by atoms with Crippen molar-refractivity contribution < 1.29 is 0 Å². The molecule has 0 bridgehead atoms. The van der Waals surface area contributed by atoms with Gasteiger partial charge in [-0.3, -0.25) is 0 Å². The first-order valence-corrected chi connectivity index (χ1v) is 7.81. The smallest absolute Gasteiger partial charge is 0.171 e. The first kappa shape index (κ1) is 14.0. The van der Waals surface area contributed by atoms with Gasteiger partial charge >= 0.3 is 0 Å². The lowest BCUT2D eigenvalue weighted by Gasteiger charge is -2.12. The molecule has 0 spiro atoms. The van der Waals surface area contributed by atoms with Crippen LogP contribution in [0.15, 0.2) is 12.1 Å². The van der Waals surface area contributed by atoms with Crippen LogP contribution in [-0.2, 0) is 0 Å². The van der Waals surface area contributed by atoms with Crippen LogP contribution in [0.25, 0.3) is 10.7 Å². The van der Waals surface area contributed by atoms with Gasteiger partial charge in [0.1, 0.15) is 5.82 Å². The highest BCUT2D eigenvalue weighted by molar-refractivity contribution is 14.1. The molecule has 3 nitrogen and oxygen atoms in total. The Morgan fingerprint density at radius 1 is 1.33 bits per heavy atom. The second-order valence-corrected chi connectivity index (χ2v) is 6.90. The molecule has 0 atom stereocenters. The van der Waals surface area contributed by atoms with Crippen LogP contribution in [0.2, 0.25) is 4.34 Å². The summed E-state index contributed by atoms with van der Waals surface area (Å²) in [6, 6.07) is 3.83. The molecule has 0 unspecified atom stereocenters. The van der Waals surface area contributed by atoms with E-state index in [0.717, 1.165) is 30.1 Å². The van der Waals surface area contributed by atoms with Crippen molar-refractivity contribution >= 4 is 51.3 Å². The Balaban J connectivity index is 2.58. The monoisotopic (exact) mass is 393 g/mol. The van der Waals surface area contributed by atoms with E-state index in [1.807, 2.05) is 19.2 Å². The second kappa shape index (κ2) is 5.71. The van der Waals surface area contributed by atoms with Crippen LogP contribution in [0, 0.1) is 3.57 Å². The topological polar surface area (TPSA) is 37.8 Å². The predicted octanol–water partition coefficient (Wildman–Crippen LogP) is 4.63. The maximum atomic E-state index is 5.96. The molecule has 0 fully saturated rings. The van der Waals surface area contributed by atoms with E-state index in [9.17, 15) is 0 Å². The van der Waals surface area contributed by atoms with Gasteiger partial charge in [-0.05, 0) is 40.6 Å². The van der Waals surface area contributed by atoms with E-state index in [0.29, 0.717) is 5.92 Å². The van der Waals surface area contributed by atoms with Crippen LogP contribution >= 0.6 is 45.5 Å². The third-order valence-corrected chi connectivity index (χ3v) is 4.74. The van der Waals surface area contributed by atoms with Gasteiger partial charge in [0.05, 0.1) is 18.5 Å². The summed E-state index contributed by atoms with van der Waals surface area (Å²) in [7, 11) is 1.87. The minimum atomic E-state index is 0.362. The van der Waals surface area contributed by atoms with E-state index < -0.39 is 0 Å². The van der Waals surface area contributed by atoms with Crippen molar-refractivity contribution in [3.8, 4) is 10.7 Å². The van der Waals surface area contributed by atoms with Crippen molar-refractivity contribution in [3.05, 3.63) is 25.7 Å². The molecule has 2 aromatic heterocycles. The van der Waals surface area contributed by atoms with Crippen LogP contribution in [0.5, 0.6) is 0 Å². The molecule has 0 radical (unpaired) electrons. The second-order valence-electron chi connectivity index (χ2n) is 4.10. The van der Waals surface area contributed by atoms with Crippen LogP contribution in [-0.4, -0.2) is 17.0 Å². The van der Waals surface area contributed by atoms with Gasteiger partial charge in [0.2, 0.25) is 0 Å². The number of anilines is 1. The molecule has 0 saturated heterocycles. The molecule has 0 saturated carbocycles. The van der Waals surface area contributed by atoms with Gasteiger partial charge in [-0.25, -0.2) is 9.97 Å². The largest absolute Gasteiger partial charge is 0.372 e. The summed E-state index contributed by atoms with van der Waals surface area (Å²) in [5.74, 6) is 1.97. The number of nitrogens with zero attached hydrogens (tertiary/aromatic N) is 2. The third-order valence-electron chi connectivity index (χ3n) is 2.45. The molecule has 1 N–H and O–H groups in total. The summed E-state index contributed by atoms with van der Waals surface area (Å²) in [5, 5.41) is 3.12. The molecule has 0 aliphatic heterocycles. The number of hydrogen-bond donors (Lipinski definition) is 1. The van der Waals surface area contributed by atoms with E-state index in [2.05, 4.69) is 51.7 Å². The van der Waals surface area contributed by atoms with Crippen LogP contribution in [0.1, 0.15) is 25.5 Å². The summed E-state index contributed by atoms with van der Waals surface area (Å²) in [4.78, 5) is 10.2. The molecule has 2 heterocycles. The Labute approximate surface area is 129 Å². The maximum absolute atomic E-state index is 5.96. The standard InChI is InChI=1S/C12H13ClIN3S/c1-6(2)10-9(14)12(15-3)17-11(16-10)7-4-5-8(13)18-7/h4-6H,1-3H3,(H,15,16,17). The van der Waals surface area contributed by atoms with E-state index in [-0.39, 0.29) is 0 Å². The molecule has 2 aromatic rings. The number of halogens is 2. The number of aromatic nitrogens is 2. The van der Waals surface area contributed by atoms with Crippen molar-refractivity contribution in [3.63, 3.8) is 0 Å². The zero-order chi connectivity index (χ0) is 13.3. The van der Waals surface area contributed by atoms with Crippen molar-refractivity contribution in [2.24, 2.45) is 0 Å². The van der Waals surface area contributed by atoms with Crippen molar-refractivity contribution in [1.82, 2.24) is 9.97 Å². The average Bonchev–Trinajstić information content (AvgIpc) is 2.76. The van der Waals surface area contributed by atoms with E-state index >= 15 is 0 Å². The summed E-state index contributed by atoms with van der Waals surface area (Å²) >= 11 is 9.75.